The van der Waals surface area contributed by atoms with E-state index in [9.17, 15) is 8.42 Å². The minimum atomic E-state index is -3.15. The molecule has 0 spiro atoms. The summed E-state index contributed by atoms with van der Waals surface area (Å²) in [6, 6.07) is 7.34. The van der Waals surface area contributed by atoms with Crippen LogP contribution in [-0.2, 0) is 23.0 Å². The summed E-state index contributed by atoms with van der Waals surface area (Å²) in [6.45, 7) is 0.852. The Hall–Kier alpha value is -1.70. The molecule has 1 aliphatic carbocycles. The molecule has 8 heteroatoms. The van der Waals surface area contributed by atoms with Crippen LogP contribution in [0.4, 0.5) is 11.6 Å². The third-order valence-corrected chi connectivity index (χ3v) is 6.87. The molecule has 2 heterocycles. The van der Waals surface area contributed by atoms with E-state index in [4.69, 9.17) is 11.6 Å². The molecule has 1 N–H and O–H groups in total. The topological polar surface area (TPSA) is 75.2 Å². The summed E-state index contributed by atoms with van der Waals surface area (Å²) in [6.07, 6.45) is 3.88. The van der Waals surface area contributed by atoms with Gasteiger partial charge in [-0.05, 0) is 31.0 Å². The van der Waals surface area contributed by atoms with Crippen LogP contribution in [0.25, 0.3) is 0 Å². The molecule has 1 aliphatic heterocycles. The molecule has 4 rings (SSSR count). The number of nitrogens with zero attached hydrogens (tertiary/aromatic N) is 3. The van der Waals surface area contributed by atoms with Gasteiger partial charge in [0.15, 0.2) is 0 Å². The van der Waals surface area contributed by atoms with Crippen molar-refractivity contribution < 1.29 is 8.42 Å². The van der Waals surface area contributed by atoms with Gasteiger partial charge in [0, 0.05) is 42.0 Å². The molecule has 1 saturated carbocycles. The zero-order chi connectivity index (χ0) is 16.7. The van der Waals surface area contributed by atoms with E-state index in [1.807, 2.05) is 12.1 Å². The normalized spacial score (nSPS) is 18.2. The molecular formula is C16H17ClN4O2S. The second-order valence-corrected chi connectivity index (χ2v) is 8.78. The van der Waals surface area contributed by atoms with Crippen molar-refractivity contribution in [3.05, 3.63) is 46.7 Å². The van der Waals surface area contributed by atoms with Crippen molar-refractivity contribution in [2.45, 2.75) is 31.1 Å². The highest BCUT2D eigenvalue weighted by molar-refractivity contribution is 7.90. The summed E-state index contributed by atoms with van der Waals surface area (Å²) < 4.78 is 26.3. The maximum absolute atomic E-state index is 12.4. The number of fused-ring (bicyclic) bond motifs is 1. The van der Waals surface area contributed by atoms with Crippen LogP contribution >= 0.6 is 11.6 Å². The molecule has 126 valence electrons. The van der Waals surface area contributed by atoms with Crippen LogP contribution in [0.15, 0.2) is 30.5 Å². The number of anilines is 2. The lowest BCUT2D eigenvalue weighted by atomic mass is 10.1. The van der Waals surface area contributed by atoms with Crippen molar-refractivity contribution in [2.24, 2.45) is 0 Å². The molecule has 1 aromatic heterocycles. The van der Waals surface area contributed by atoms with E-state index in [-0.39, 0.29) is 5.25 Å². The zero-order valence-corrected chi connectivity index (χ0v) is 14.5. The van der Waals surface area contributed by atoms with Crippen molar-refractivity contribution in [3.63, 3.8) is 0 Å². The zero-order valence-electron chi connectivity index (χ0n) is 12.9. The van der Waals surface area contributed by atoms with E-state index < -0.39 is 10.0 Å². The number of hydrogen-bond acceptors (Lipinski definition) is 5. The number of sulfonamides is 1. The average molecular weight is 365 g/mol. The summed E-state index contributed by atoms with van der Waals surface area (Å²) in [5, 5.41) is 3.59. The summed E-state index contributed by atoms with van der Waals surface area (Å²) in [7, 11) is -3.15. The predicted octanol–water partition coefficient (Wildman–Crippen LogP) is 2.72. The Balaban J connectivity index is 1.53. The Bertz CT molecular complexity index is 883. The number of rotatable bonds is 4. The number of hydrogen-bond donors (Lipinski definition) is 1. The van der Waals surface area contributed by atoms with E-state index >= 15 is 0 Å². The Labute approximate surface area is 145 Å². The SMILES string of the molecule is O=S(=O)(C1CC1)N1CCc2nc(Nc3cccc(Cl)c3)ncc2C1. The van der Waals surface area contributed by atoms with Crippen molar-refractivity contribution in [1.29, 1.82) is 0 Å². The van der Waals surface area contributed by atoms with Crippen LogP contribution in [0.5, 0.6) is 0 Å². The van der Waals surface area contributed by atoms with E-state index in [2.05, 4.69) is 15.3 Å². The van der Waals surface area contributed by atoms with Crippen molar-refractivity contribution >= 4 is 33.3 Å². The fourth-order valence-electron chi connectivity index (χ4n) is 2.84. The Kier molecular flexibility index (Phi) is 3.94. The van der Waals surface area contributed by atoms with Gasteiger partial charge in [-0.2, -0.15) is 4.31 Å². The number of nitrogens with one attached hydrogen (secondary N) is 1. The fraction of sp³-hybridized carbons (Fsp3) is 0.375. The standard InChI is InChI=1S/C16H17ClN4O2S/c17-12-2-1-3-13(8-12)19-16-18-9-11-10-21(7-6-15(11)20-16)24(22,23)14-4-5-14/h1-3,8-9,14H,4-7,10H2,(H,18,19,20). The third-order valence-electron chi connectivity index (χ3n) is 4.29. The summed E-state index contributed by atoms with van der Waals surface area (Å²) in [5.41, 5.74) is 2.59. The lowest BCUT2D eigenvalue weighted by Crippen LogP contribution is -2.38. The van der Waals surface area contributed by atoms with Gasteiger partial charge in [0.05, 0.1) is 10.9 Å². The van der Waals surface area contributed by atoms with Gasteiger partial charge in [0.1, 0.15) is 0 Å². The van der Waals surface area contributed by atoms with Crippen LogP contribution < -0.4 is 5.32 Å². The highest BCUT2D eigenvalue weighted by Crippen LogP contribution is 2.33. The molecule has 0 radical (unpaired) electrons. The first-order chi connectivity index (χ1) is 11.5. The predicted molar refractivity (Wildman–Crippen MR) is 92.8 cm³/mol. The van der Waals surface area contributed by atoms with Gasteiger partial charge in [0.2, 0.25) is 16.0 Å². The summed E-state index contributed by atoms with van der Waals surface area (Å²) >= 11 is 5.97. The molecule has 6 nitrogen and oxygen atoms in total. The van der Waals surface area contributed by atoms with Gasteiger partial charge >= 0.3 is 0 Å². The maximum atomic E-state index is 12.4. The Morgan fingerprint density at radius 1 is 1.29 bits per heavy atom. The quantitative estimate of drug-likeness (QED) is 0.902. The summed E-state index contributed by atoms with van der Waals surface area (Å²) in [5.74, 6) is 0.495. The van der Waals surface area contributed by atoms with Gasteiger partial charge < -0.3 is 5.32 Å². The maximum Gasteiger partial charge on any atom is 0.227 e. The molecule has 2 aliphatic rings. The highest BCUT2D eigenvalue weighted by atomic mass is 35.5. The van der Waals surface area contributed by atoms with Crippen LogP contribution in [0.2, 0.25) is 5.02 Å². The monoisotopic (exact) mass is 364 g/mol. The van der Waals surface area contributed by atoms with E-state index in [0.717, 1.165) is 29.8 Å². The Morgan fingerprint density at radius 3 is 2.88 bits per heavy atom. The first-order valence-electron chi connectivity index (χ1n) is 7.89. The first-order valence-corrected chi connectivity index (χ1v) is 9.77. The largest absolute Gasteiger partial charge is 0.324 e. The lowest BCUT2D eigenvalue weighted by Gasteiger charge is -2.27. The van der Waals surface area contributed by atoms with Gasteiger partial charge in [-0.25, -0.2) is 18.4 Å². The third kappa shape index (κ3) is 3.11. The molecule has 24 heavy (non-hydrogen) atoms. The van der Waals surface area contributed by atoms with E-state index in [0.29, 0.717) is 30.5 Å². The molecule has 0 bridgehead atoms. The number of aromatic nitrogens is 2. The minimum absolute atomic E-state index is 0.177. The van der Waals surface area contributed by atoms with Crippen molar-refractivity contribution in [2.75, 3.05) is 11.9 Å². The lowest BCUT2D eigenvalue weighted by molar-refractivity contribution is 0.386. The highest BCUT2D eigenvalue weighted by Gasteiger charge is 2.41. The molecule has 1 fully saturated rings. The minimum Gasteiger partial charge on any atom is -0.324 e. The number of benzene rings is 1. The molecule has 0 atom stereocenters. The average Bonchev–Trinajstić information content (AvgIpc) is 3.40. The molecule has 0 saturated heterocycles. The molecule has 1 aromatic carbocycles. The molecule has 0 unspecified atom stereocenters. The summed E-state index contributed by atoms with van der Waals surface area (Å²) in [4.78, 5) is 8.84. The Morgan fingerprint density at radius 2 is 2.12 bits per heavy atom. The fourth-order valence-corrected chi connectivity index (χ4v) is 4.85. The van der Waals surface area contributed by atoms with E-state index in [1.54, 1.807) is 22.6 Å². The van der Waals surface area contributed by atoms with Crippen molar-refractivity contribution in [3.8, 4) is 0 Å². The van der Waals surface area contributed by atoms with E-state index in [1.165, 1.54) is 0 Å². The van der Waals surface area contributed by atoms with Crippen LogP contribution in [0.3, 0.4) is 0 Å². The smallest absolute Gasteiger partial charge is 0.227 e. The van der Waals surface area contributed by atoms with Gasteiger partial charge in [-0.3, -0.25) is 0 Å². The molecular weight excluding hydrogens is 348 g/mol. The van der Waals surface area contributed by atoms with Crippen LogP contribution in [-0.4, -0.2) is 34.5 Å². The van der Waals surface area contributed by atoms with Gasteiger partial charge in [-0.15, -0.1) is 0 Å². The van der Waals surface area contributed by atoms with Crippen LogP contribution in [0.1, 0.15) is 24.1 Å². The molecule has 2 aromatic rings. The van der Waals surface area contributed by atoms with Crippen LogP contribution in [0, 0.1) is 0 Å². The van der Waals surface area contributed by atoms with Gasteiger partial charge in [-0.1, -0.05) is 17.7 Å². The second kappa shape index (κ2) is 5.98. The second-order valence-electron chi connectivity index (χ2n) is 6.13. The number of halogens is 1. The van der Waals surface area contributed by atoms with Crippen molar-refractivity contribution in [1.82, 2.24) is 14.3 Å². The van der Waals surface area contributed by atoms with Gasteiger partial charge in [0.25, 0.3) is 0 Å². The first kappa shape index (κ1) is 15.8. The molecule has 0 amide bonds.